The highest BCUT2D eigenvalue weighted by atomic mass is 16.5. The van der Waals surface area contributed by atoms with Crippen LogP contribution in [0.4, 0.5) is 0 Å². The largest absolute Gasteiger partial charge is 0.466 e. The first-order valence-electron chi connectivity index (χ1n) is 9.52. The van der Waals surface area contributed by atoms with Crippen molar-refractivity contribution >= 4 is 36.3 Å². The predicted molar refractivity (Wildman–Crippen MR) is 123 cm³/mol. The van der Waals surface area contributed by atoms with Crippen molar-refractivity contribution in [1.29, 1.82) is 0 Å². The van der Waals surface area contributed by atoms with Gasteiger partial charge in [-0.1, -0.05) is 91.0 Å². The maximum absolute atomic E-state index is 11.6. The number of ether oxygens (including phenoxy) is 1. The van der Waals surface area contributed by atoms with Gasteiger partial charge in [-0.05, 0) is 52.4 Å². The van der Waals surface area contributed by atoms with Crippen molar-refractivity contribution in [3.05, 3.63) is 112 Å². The Bertz CT molecular complexity index is 1040. The fourth-order valence-electron chi connectivity index (χ4n) is 2.96. The van der Waals surface area contributed by atoms with Crippen LogP contribution in [-0.2, 0) is 9.53 Å². The van der Waals surface area contributed by atoms with Crippen LogP contribution in [0, 0.1) is 6.92 Å². The highest BCUT2D eigenvalue weighted by Crippen LogP contribution is 2.23. The zero-order valence-electron chi connectivity index (χ0n) is 16.7. The first kappa shape index (κ1) is 20.1. The minimum atomic E-state index is -0.370. The minimum Gasteiger partial charge on any atom is -0.466 e. The van der Waals surface area contributed by atoms with Crippen LogP contribution in [0.5, 0.6) is 0 Å². The van der Waals surface area contributed by atoms with Crippen LogP contribution in [0.3, 0.4) is 0 Å². The van der Waals surface area contributed by atoms with Crippen molar-refractivity contribution in [3.8, 4) is 0 Å². The number of hydrogen-bond donors (Lipinski definition) is 0. The van der Waals surface area contributed by atoms with E-state index in [0.717, 1.165) is 27.8 Å². The molecule has 0 atom stereocenters. The normalized spacial score (nSPS) is 11.5. The second-order valence-electron chi connectivity index (χ2n) is 6.68. The molecule has 29 heavy (non-hydrogen) atoms. The summed E-state index contributed by atoms with van der Waals surface area (Å²) in [5.74, 6) is -0.370. The van der Waals surface area contributed by atoms with E-state index in [4.69, 9.17) is 4.74 Å². The number of rotatable bonds is 6. The van der Waals surface area contributed by atoms with Crippen molar-refractivity contribution in [2.24, 2.45) is 0 Å². The molecule has 2 heteroatoms. The van der Waals surface area contributed by atoms with Gasteiger partial charge in [0.15, 0.2) is 0 Å². The molecule has 0 aliphatic carbocycles. The standard InChI is InChI=1S/C27H24O2/c1-21-19-25(16-14-23-11-7-4-8-12-23)26(17-18-27(28)29-2)20-24(21)15-13-22-9-5-3-6-10-22/h3-20H,1-2H3/b15-13+,16-14+,18-17+. The van der Waals surface area contributed by atoms with Crippen LogP contribution >= 0.6 is 0 Å². The molecule has 0 saturated heterocycles. The third kappa shape index (κ3) is 5.91. The van der Waals surface area contributed by atoms with Gasteiger partial charge in [0.2, 0.25) is 0 Å². The molecule has 0 aliphatic heterocycles. The van der Waals surface area contributed by atoms with Crippen LogP contribution in [-0.4, -0.2) is 13.1 Å². The molecule has 0 amide bonds. The van der Waals surface area contributed by atoms with E-state index in [1.54, 1.807) is 6.08 Å². The van der Waals surface area contributed by atoms with Crippen LogP contribution in [0.1, 0.15) is 33.4 Å². The van der Waals surface area contributed by atoms with E-state index in [-0.39, 0.29) is 5.97 Å². The highest BCUT2D eigenvalue weighted by molar-refractivity contribution is 5.89. The molecule has 0 bridgehead atoms. The molecule has 0 heterocycles. The molecule has 0 fully saturated rings. The van der Waals surface area contributed by atoms with Crippen molar-refractivity contribution in [2.45, 2.75) is 6.92 Å². The van der Waals surface area contributed by atoms with E-state index >= 15 is 0 Å². The van der Waals surface area contributed by atoms with E-state index in [9.17, 15) is 4.79 Å². The molecular weight excluding hydrogens is 356 g/mol. The summed E-state index contributed by atoms with van der Waals surface area (Å²) in [6.45, 7) is 2.10. The van der Waals surface area contributed by atoms with Gasteiger partial charge in [-0.25, -0.2) is 4.79 Å². The van der Waals surface area contributed by atoms with Crippen molar-refractivity contribution in [1.82, 2.24) is 0 Å². The number of esters is 1. The molecule has 0 unspecified atom stereocenters. The molecule has 0 saturated carbocycles. The molecule has 144 valence electrons. The minimum absolute atomic E-state index is 0.370. The van der Waals surface area contributed by atoms with Crippen molar-refractivity contribution < 1.29 is 9.53 Å². The molecule has 0 spiro atoms. The van der Waals surface area contributed by atoms with Crippen LogP contribution in [0.2, 0.25) is 0 Å². The van der Waals surface area contributed by atoms with Crippen LogP contribution in [0.15, 0.2) is 78.9 Å². The summed E-state index contributed by atoms with van der Waals surface area (Å²) in [5.41, 5.74) is 6.55. The van der Waals surface area contributed by atoms with E-state index in [2.05, 4.69) is 67.6 Å². The van der Waals surface area contributed by atoms with Gasteiger partial charge in [0, 0.05) is 6.08 Å². The number of benzene rings is 3. The zero-order valence-corrected chi connectivity index (χ0v) is 16.7. The molecule has 0 radical (unpaired) electrons. The van der Waals surface area contributed by atoms with Gasteiger partial charge in [-0.3, -0.25) is 0 Å². The first-order chi connectivity index (χ1) is 14.2. The average Bonchev–Trinajstić information content (AvgIpc) is 2.77. The first-order valence-corrected chi connectivity index (χ1v) is 9.52. The van der Waals surface area contributed by atoms with Crippen LogP contribution in [0.25, 0.3) is 30.4 Å². The van der Waals surface area contributed by atoms with Gasteiger partial charge in [-0.2, -0.15) is 0 Å². The van der Waals surface area contributed by atoms with E-state index in [1.165, 1.54) is 18.7 Å². The molecule has 0 N–H and O–H groups in total. The fraction of sp³-hybridized carbons (Fsp3) is 0.0741. The number of hydrogen-bond acceptors (Lipinski definition) is 2. The Balaban J connectivity index is 1.97. The number of aryl methyl sites for hydroxylation is 1. The third-order valence-corrected chi connectivity index (χ3v) is 4.58. The van der Waals surface area contributed by atoms with Gasteiger partial charge in [0.1, 0.15) is 0 Å². The Morgan fingerprint density at radius 1 is 0.690 bits per heavy atom. The lowest BCUT2D eigenvalue weighted by atomic mass is 9.97. The maximum Gasteiger partial charge on any atom is 0.330 e. The zero-order chi connectivity index (χ0) is 20.5. The van der Waals surface area contributed by atoms with Crippen molar-refractivity contribution in [2.75, 3.05) is 7.11 Å². The predicted octanol–water partition coefficient (Wildman–Crippen LogP) is 6.52. The summed E-state index contributed by atoms with van der Waals surface area (Å²) in [5, 5.41) is 0. The van der Waals surface area contributed by atoms with E-state index in [0.29, 0.717) is 0 Å². The van der Waals surface area contributed by atoms with Gasteiger partial charge in [-0.15, -0.1) is 0 Å². The Kier molecular flexibility index (Phi) is 6.96. The van der Waals surface area contributed by atoms with Crippen LogP contribution < -0.4 is 0 Å². The van der Waals surface area contributed by atoms with Crippen molar-refractivity contribution in [3.63, 3.8) is 0 Å². The van der Waals surface area contributed by atoms with E-state index < -0.39 is 0 Å². The van der Waals surface area contributed by atoms with Gasteiger partial charge in [0.05, 0.1) is 7.11 Å². The smallest absolute Gasteiger partial charge is 0.330 e. The molecule has 0 aromatic heterocycles. The lowest BCUT2D eigenvalue weighted by Gasteiger charge is -2.08. The molecule has 3 rings (SSSR count). The summed E-state index contributed by atoms with van der Waals surface area (Å²) in [7, 11) is 1.38. The SMILES string of the molecule is COC(=O)/C=C/c1cc(/C=C/c2ccccc2)c(C)cc1/C=C/c1ccccc1. The summed E-state index contributed by atoms with van der Waals surface area (Å²) in [6.07, 6.45) is 11.6. The van der Waals surface area contributed by atoms with Gasteiger partial charge >= 0.3 is 5.97 Å². The summed E-state index contributed by atoms with van der Waals surface area (Å²) in [4.78, 5) is 11.6. The monoisotopic (exact) mass is 380 g/mol. The Morgan fingerprint density at radius 2 is 1.21 bits per heavy atom. The summed E-state index contributed by atoms with van der Waals surface area (Å²) < 4.78 is 4.74. The van der Waals surface area contributed by atoms with Gasteiger partial charge < -0.3 is 4.74 Å². The summed E-state index contributed by atoms with van der Waals surface area (Å²) in [6, 6.07) is 24.6. The fourth-order valence-corrected chi connectivity index (χ4v) is 2.96. The third-order valence-electron chi connectivity index (χ3n) is 4.58. The lowest BCUT2D eigenvalue weighted by molar-refractivity contribution is -0.134. The van der Waals surface area contributed by atoms with Gasteiger partial charge in [0.25, 0.3) is 0 Å². The number of methoxy groups -OCH3 is 1. The Morgan fingerprint density at radius 3 is 1.76 bits per heavy atom. The topological polar surface area (TPSA) is 26.3 Å². The second-order valence-corrected chi connectivity index (χ2v) is 6.68. The molecule has 0 aliphatic rings. The summed E-state index contributed by atoms with van der Waals surface area (Å²) >= 11 is 0. The Hall–Kier alpha value is -3.65. The number of carbonyl (C=O) groups is 1. The highest BCUT2D eigenvalue weighted by Gasteiger charge is 2.04. The maximum atomic E-state index is 11.6. The average molecular weight is 380 g/mol. The van der Waals surface area contributed by atoms with E-state index in [1.807, 2.05) is 36.4 Å². The quantitative estimate of drug-likeness (QED) is 0.276. The second kappa shape index (κ2) is 10.0. The molecule has 3 aromatic carbocycles. The molecule has 2 nitrogen and oxygen atoms in total. The lowest BCUT2D eigenvalue weighted by Crippen LogP contribution is -1.94. The number of carbonyl (C=O) groups excluding carboxylic acids is 1. The molecular formula is C27H24O2. The Labute approximate surface area is 172 Å². The molecule has 3 aromatic rings.